The molecule has 0 N–H and O–H groups in total. The van der Waals surface area contributed by atoms with E-state index in [1.54, 1.807) is 11.8 Å². The van der Waals surface area contributed by atoms with Gasteiger partial charge in [-0.3, -0.25) is 0 Å². The van der Waals surface area contributed by atoms with E-state index in [2.05, 4.69) is 29.4 Å². The Morgan fingerprint density at radius 2 is 2.24 bits per heavy atom. The maximum atomic E-state index is 5.37. The van der Waals surface area contributed by atoms with Gasteiger partial charge in [-0.05, 0) is 29.7 Å². The van der Waals surface area contributed by atoms with E-state index in [4.69, 9.17) is 4.74 Å². The number of hydrogen-bond donors (Lipinski definition) is 0. The van der Waals surface area contributed by atoms with Crippen molar-refractivity contribution in [3.05, 3.63) is 0 Å². The lowest BCUT2D eigenvalue weighted by molar-refractivity contribution is 0.0631. The summed E-state index contributed by atoms with van der Waals surface area (Å²) in [6.45, 7) is 6.08. The Labute approximate surface area is 106 Å². The third-order valence-corrected chi connectivity index (χ3v) is 4.12. The smallest absolute Gasteiger partial charge is 0.209 e. The lowest BCUT2D eigenvalue weighted by Crippen LogP contribution is -2.21. The summed E-state index contributed by atoms with van der Waals surface area (Å²) in [5.41, 5.74) is 0. The van der Waals surface area contributed by atoms with Crippen molar-refractivity contribution in [1.29, 1.82) is 0 Å². The van der Waals surface area contributed by atoms with E-state index in [-0.39, 0.29) is 0 Å². The minimum atomic E-state index is 0.412. The highest BCUT2D eigenvalue weighted by Crippen LogP contribution is 2.28. The van der Waals surface area contributed by atoms with Gasteiger partial charge in [-0.1, -0.05) is 32.0 Å². The Morgan fingerprint density at radius 3 is 2.94 bits per heavy atom. The third-order valence-electron chi connectivity index (χ3n) is 3.00. The zero-order valence-electron chi connectivity index (χ0n) is 10.5. The maximum absolute atomic E-state index is 5.37. The molecule has 1 aliphatic heterocycles. The van der Waals surface area contributed by atoms with Gasteiger partial charge >= 0.3 is 0 Å². The number of aromatic nitrogens is 4. The number of tetrazole rings is 1. The van der Waals surface area contributed by atoms with Gasteiger partial charge in [-0.15, -0.1) is 5.10 Å². The fourth-order valence-corrected chi connectivity index (χ4v) is 3.16. The highest BCUT2D eigenvalue weighted by Gasteiger charge is 2.21. The second-order valence-corrected chi connectivity index (χ2v) is 5.87. The molecule has 96 valence electrons. The van der Waals surface area contributed by atoms with Crippen molar-refractivity contribution in [3.8, 4) is 0 Å². The van der Waals surface area contributed by atoms with Crippen LogP contribution in [0.1, 0.15) is 45.6 Å². The SMILES string of the molecule is CCC[C@@H](C)Sc1nnnn1C1CCOCC1. The predicted molar refractivity (Wildman–Crippen MR) is 67.1 cm³/mol. The molecule has 2 rings (SSSR count). The largest absolute Gasteiger partial charge is 0.381 e. The second kappa shape index (κ2) is 6.35. The van der Waals surface area contributed by atoms with Crippen LogP contribution in [0.3, 0.4) is 0 Å². The molecule has 0 unspecified atom stereocenters. The summed E-state index contributed by atoms with van der Waals surface area (Å²) in [5, 5.41) is 13.6. The first-order chi connectivity index (χ1) is 8.31. The van der Waals surface area contributed by atoms with Gasteiger partial charge in [0.05, 0.1) is 6.04 Å². The third kappa shape index (κ3) is 3.42. The molecule has 1 atom stereocenters. The zero-order chi connectivity index (χ0) is 12.1. The van der Waals surface area contributed by atoms with Crippen LogP contribution in [0.15, 0.2) is 5.16 Å². The van der Waals surface area contributed by atoms with Gasteiger partial charge < -0.3 is 4.74 Å². The summed E-state index contributed by atoms with van der Waals surface area (Å²) in [4.78, 5) is 0. The summed E-state index contributed by atoms with van der Waals surface area (Å²) >= 11 is 1.78. The maximum Gasteiger partial charge on any atom is 0.209 e. The minimum Gasteiger partial charge on any atom is -0.381 e. The molecule has 0 amide bonds. The molecule has 0 aromatic carbocycles. The molecule has 1 saturated heterocycles. The van der Waals surface area contributed by atoms with Gasteiger partial charge in [0.15, 0.2) is 0 Å². The van der Waals surface area contributed by atoms with E-state index in [1.165, 1.54) is 12.8 Å². The number of hydrogen-bond acceptors (Lipinski definition) is 5. The van der Waals surface area contributed by atoms with Gasteiger partial charge in [-0.25, -0.2) is 4.68 Å². The minimum absolute atomic E-state index is 0.412. The number of rotatable bonds is 5. The average Bonchev–Trinajstić information content (AvgIpc) is 2.78. The van der Waals surface area contributed by atoms with Gasteiger partial charge in [-0.2, -0.15) is 0 Å². The topological polar surface area (TPSA) is 52.8 Å². The van der Waals surface area contributed by atoms with Gasteiger partial charge in [0, 0.05) is 18.5 Å². The van der Waals surface area contributed by atoms with Gasteiger partial charge in [0.25, 0.3) is 0 Å². The number of thioether (sulfide) groups is 1. The van der Waals surface area contributed by atoms with E-state index in [9.17, 15) is 0 Å². The van der Waals surface area contributed by atoms with Crippen LogP contribution in [0.25, 0.3) is 0 Å². The van der Waals surface area contributed by atoms with E-state index >= 15 is 0 Å². The van der Waals surface area contributed by atoms with E-state index in [0.717, 1.165) is 31.2 Å². The molecule has 0 bridgehead atoms. The number of ether oxygens (including phenoxy) is 1. The fourth-order valence-electron chi connectivity index (χ4n) is 2.07. The predicted octanol–water partition coefficient (Wildman–Crippen LogP) is 2.31. The summed E-state index contributed by atoms with van der Waals surface area (Å²) in [7, 11) is 0. The van der Waals surface area contributed by atoms with E-state index < -0.39 is 0 Å². The first-order valence-electron chi connectivity index (χ1n) is 6.33. The average molecular weight is 256 g/mol. The van der Waals surface area contributed by atoms with Crippen LogP contribution in [0.2, 0.25) is 0 Å². The van der Waals surface area contributed by atoms with E-state index in [1.807, 2.05) is 4.68 Å². The highest BCUT2D eigenvalue weighted by atomic mass is 32.2. The Balaban J connectivity index is 2.00. The molecule has 5 nitrogen and oxygen atoms in total. The molecule has 0 aliphatic carbocycles. The summed E-state index contributed by atoms with van der Waals surface area (Å²) < 4.78 is 7.35. The Morgan fingerprint density at radius 1 is 1.47 bits per heavy atom. The van der Waals surface area contributed by atoms with Crippen LogP contribution < -0.4 is 0 Å². The van der Waals surface area contributed by atoms with E-state index in [0.29, 0.717) is 11.3 Å². The highest BCUT2D eigenvalue weighted by molar-refractivity contribution is 7.99. The second-order valence-electron chi connectivity index (χ2n) is 4.47. The molecule has 1 aliphatic rings. The summed E-state index contributed by atoms with van der Waals surface area (Å²) in [6.07, 6.45) is 4.43. The van der Waals surface area contributed by atoms with Gasteiger partial charge in [0.2, 0.25) is 5.16 Å². The Hall–Kier alpha value is -0.620. The monoisotopic (exact) mass is 256 g/mol. The molecule has 1 fully saturated rings. The molecular formula is C11H20N4OS. The van der Waals surface area contributed by atoms with Crippen molar-refractivity contribution in [2.75, 3.05) is 13.2 Å². The van der Waals surface area contributed by atoms with Crippen LogP contribution in [-0.4, -0.2) is 38.7 Å². The van der Waals surface area contributed by atoms with Crippen molar-refractivity contribution >= 4 is 11.8 Å². The first-order valence-corrected chi connectivity index (χ1v) is 7.21. The summed E-state index contributed by atoms with van der Waals surface area (Å²) in [6, 6.07) is 0.412. The standard InChI is InChI=1S/C11H20N4OS/c1-3-4-9(2)17-11-12-13-14-15(11)10-5-7-16-8-6-10/h9-10H,3-8H2,1-2H3/t9-/m1/s1. The molecule has 0 saturated carbocycles. The van der Waals surface area contributed by atoms with Crippen LogP contribution in [0.5, 0.6) is 0 Å². The molecule has 0 spiro atoms. The first kappa shape index (κ1) is 12.8. The molecule has 1 aromatic heterocycles. The molecule has 6 heteroatoms. The molecule has 0 radical (unpaired) electrons. The van der Waals surface area contributed by atoms with Crippen molar-refractivity contribution in [2.45, 2.75) is 56.0 Å². The van der Waals surface area contributed by atoms with Crippen LogP contribution in [0.4, 0.5) is 0 Å². The van der Waals surface area contributed by atoms with Crippen LogP contribution in [0, 0.1) is 0 Å². The lowest BCUT2D eigenvalue weighted by atomic mass is 10.1. The Bertz CT molecular complexity index is 338. The Kier molecular flexibility index (Phi) is 4.79. The normalized spacial score (nSPS) is 19.4. The van der Waals surface area contributed by atoms with Crippen LogP contribution >= 0.6 is 11.8 Å². The quantitative estimate of drug-likeness (QED) is 0.757. The van der Waals surface area contributed by atoms with Gasteiger partial charge in [0.1, 0.15) is 0 Å². The molecule has 2 heterocycles. The lowest BCUT2D eigenvalue weighted by Gasteiger charge is -2.22. The van der Waals surface area contributed by atoms with Crippen molar-refractivity contribution in [2.24, 2.45) is 0 Å². The molecule has 17 heavy (non-hydrogen) atoms. The van der Waals surface area contributed by atoms with Crippen molar-refractivity contribution in [3.63, 3.8) is 0 Å². The number of nitrogens with zero attached hydrogens (tertiary/aromatic N) is 4. The van der Waals surface area contributed by atoms with Crippen LogP contribution in [-0.2, 0) is 4.74 Å². The van der Waals surface area contributed by atoms with Crippen molar-refractivity contribution in [1.82, 2.24) is 20.2 Å². The molecule has 1 aromatic rings. The molecular weight excluding hydrogens is 236 g/mol. The fraction of sp³-hybridized carbons (Fsp3) is 0.909. The summed E-state index contributed by atoms with van der Waals surface area (Å²) in [5.74, 6) is 0. The van der Waals surface area contributed by atoms with Crippen molar-refractivity contribution < 1.29 is 4.74 Å². The zero-order valence-corrected chi connectivity index (χ0v) is 11.3.